The molecule has 0 aliphatic heterocycles. The number of amides is 2. The standard InChI is InChI=1S/C20H25N3O4/c1-14-6-8-15(9-7-14)10-16(11-21)19(26)27-13-18(25)23(5)12-17(24)22-20(2,3)4/h6-10H,12-13H2,1-5H3,(H,22,24)/b16-10+. The minimum atomic E-state index is -0.890. The number of hydrogen-bond acceptors (Lipinski definition) is 5. The Morgan fingerprint density at radius 3 is 2.33 bits per heavy atom. The maximum atomic E-state index is 12.0. The third-order valence-electron chi connectivity index (χ3n) is 3.38. The molecule has 2 amide bonds. The monoisotopic (exact) mass is 371 g/mol. The summed E-state index contributed by atoms with van der Waals surface area (Å²) < 4.78 is 4.90. The molecule has 0 heterocycles. The van der Waals surface area contributed by atoms with Crippen molar-refractivity contribution in [2.75, 3.05) is 20.2 Å². The summed E-state index contributed by atoms with van der Waals surface area (Å²) in [4.78, 5) is 37.0. The number of ether oxygens (including phenoxy) is 1. The van der Waals surface area contributed by atoms with Gasteiger partial charge in [-0.2, -0.15) is 5.26 Å². The van der Waals surface area contributed by atoms with E-state index in [4.69, 9.17) is 10.00 Å². The van der Waals surface area contributed by atoms with Gasteiger partial charge in [-0.3, -0.25) is 9.59 Å². The van der Waals surface area contributed by atoms with Gasteiger partial charge in [0, 0.05) is 12.6 Å². The highest BCUT2D eigenvalue weighted by atomic mass is 16.5. The van der Waals surface area contributed by atoms with Crippen LogP contribution in [0.15, 0.2) is 29.8 Å². The van der Waals surface area contributed by atoms with Crippen LogP contribution in [-0.2, 0) is 19.1 Å². The molecule has 0 bridgehead atoms. The van der Waals surface area contributed by atoms with Crippen molar-refractivity contribution < 1.29 is 19.1 Å². The highest BCUT2D eigenvalue weighted by molar-refractivity contribution is 5.99. The molecule has 7 nitrogen and oxygen atoms in total. The molecule has 0 fully saturated rings. The van der Waals surface area contributed by atoms with Crippen molar-refractivity contribution in [3.05, 3.63) is 41.0 Å². The summed E-state index contributed by atoms with van der Waals surface area (Å²) in [6, 6.07) is 9.02. The molecule has 0 atom stereocenters. The molecule has 0 aliphatic carbocycles. The van der Waals surface area contributed by atoms with Crippen LogP contribution in [0.4, 0.5) is 0 Å². The van der Waals surface area contributed by atoms with Gasteiger partial charge in [-0.1, -0.05) is 29.8 Å². The molecule has 7 heteroatoms. The van der Waals surface area contributed by atoms with Crippen LogP contribution in [-0.4, -0.2) is 48.4 Å². The van der Waals surface area contributed by atoms with Crippen LogP contribution in [0.2, 0.25) is 0 Å². The van der Waals surface area contributed by atoms with Gasteiger partial charge in [0.1, 0.15) is 11.6 Å². The van der Waals surface area contributed by atoms with Crippen molar-refractivity contribution in [2.24, 2.45) is 0 Å². The van der Waals surface area contributed by atoms with Crippen LogP contribution in [0.1, 0.15) is 31.9 Å². The summed E-state index contributed by atoms with van der Waals surface area (Å²) in [7, 11) is 1.44. The Balaban J connectivity index is 2.61. The molecule has 0 radical (unpaired) electrons. The number of carbonyl (C=O) groups is 3. The van der Waals surface area contributed by atoms with E-state index in [9.17, 15) is 14.4 Å². The fraction of sp³-hybridized carbons (Fsp3) is 0.400. The van der Waals surface area contributed by atoms with Gasteiger partial charge in [-0.15, -0.1) is 0 Å². The molecule has 144 valence electrons. The van der Waals surface area contributed by atoms with Crippen molar-refractivity contribution >= 4 is 23.9 Å². The SMILES string of the molecule is Cc1ccc(/C=C(\C#N)C(=O)OCC(=O)N(C)CC(=O)NC(C)(C)C)cc1. The molecule has 27 heavy (non-hydrogen) atoms. The number of nitrogens with one attached hydrogen (secondary N) is 1. The molecule has 0 saturated heterocycles. The predicted octanol–water partition coefficient (Wildman–Crippen LogP) is 1.82. The van der Waals surface area contributed by atoms with Crippen molar-refractivity contribution in [1.82, 2.24) is 10.2 Å². The van der Waals surface area contributed by atoms with E-state index in [2.05, 4.69) is 5.32 Å². The van der Waals surface area contributed by atoms with Gasteiger partial charge in [0.15, 0.2) is 6.61 Å². The summed E-state index contributed by atoms with van der Waals surface area (Å²) in [6.45, 7) is 6.72. The van der Waals surface area contributed by atoms with Crippen LogP contribution in [0.3, 0.4) is 0 Å². The molecule has 0 saturated carbocycles. The summed E-state index contributed by atoms with van der Waals surface area (Å²) in [6.07, 6.45) is 1.40. The predicted molar refractivity (Wildman–Crippen MR) is 101 cm³/mol. The zero-order valence-corrected chi connectivity index (χ0v) is 16.3. The lowest BCUT2D eigenvalue weighted by molar-refractivity contribution is -0.148. The van der Waals surface area contributed by atoms with Gasteiger partial charge in [0.2, 0.25) is 5.91 Å². The van der Waals surface area contributed by atoms with E-state index in [1.807, 2.05) is 39.8 Å². The lowest BCUT2D eigenvalue weighted by Gasteiger charge is -2.23. The molecule has 0 aromatic heterocycles. The Hall–Kier alpha value is -3.14. The lowest BCUT2D eigenvalue weighted by atomic mass is 10.1. The van der Waals surface area contributed by atoms with Crippen molar-refractivity contribution in [3.63, 3.8) is 0 Å². The van der Waals surface area contributed by atoms with Crippen LogP contribution in [0.5, 0.6) is 0 Å². The molecular formula is C20H25N3O4. The van der Waals surface area contributed by atoms with E-state index in [0.717, 1.165) is 10.5 Å². The first-order chi connectivity index (χ1) is 12.5. The number of benzene rings is 1. The second kappa shape index (κ2) is 9.53. The Morgan fingerprint density at radius 2 is 1.81 bits per heavy atom. The van der Waals surface area contributed by atoms with Gasteiger partial charge >= 0.3 is 5.97 Å². The Morgan fingerprint density at radius 1 is 1.22 bits per heavy atom. The highest BCUT2D eigenvalue weighted by Gasteiger charge is 2.19. The van der Waals surface area contributed by atoms with Crippen molar-refractivity contribution in [2.45, 2.75) is 33.2 Å². The average molecular weight is 371 g/mol. The van der Waals surface area contributed by atoms with E-state index < -0.39 is 24.0 Å². The minimum Gasteiger partial charge on any atom is -0.451 e. The second-order valence-electron chi connectivity index (χ2n) is 7.20. The first-order valence-corrected chi connectivity index (χ1v) is 8.42. The van der Waals surface area contributed by atoms with Gasteiger partial charge in [-0.25, -0.2) is 4.79 Å². The number of likely N-dealkylation sites (N-methyl/N-ethyl adjacent to an activating group) is 1. The van der Waals surface area contributed by atoms with E-state index in [-0.39, 0.29) is 18.0 Å². The molecule has 0 spiro atoms. The third-order valence-corrected chi connectivity index (χ3v) is 3.38. The van der Waals surface area contributed by atoms with Crippen LogP contribution >= 0.6 is 0 Å². The maximum Gasteiger partial charge on any atom is 0.349 e. The summed E-state index contributed by atoms with van der Waals surface area (Å²) in [5, 5.41) is 11.9. The Labute approximate surface area is 159 Å². The zero-order chi connectivity index (χ0) is 20.6. The van der Waals surface area contributed by atoms with Crippen LogP contribution in [0.25, 0.3) is 6.08 Å². The number of carbonyl (C=O) groups excluding carboxylic acids is 3. The van der Waals surface area contributed by atoms with E-state index in [1.165, 1.54) is 13.1 Å². The molecule has 1 N–H and O–H groups in total. The summed E-state index contributed by atoms with van der Waals surface area (Å²) in [5.41, 5.74) is 1.11. The van der Waals surface area contributed by atoms with E-state index >= 15 is 0 Å². The number of nitriles is 1. The molecular weight excluding hydrogens is 346 g/mol. The summed E-state index contributed by atoms with van der Waals surface area (Å²) >= 11 is 0. The van der Waals surface area contributed by atoms with Gasteiger partial charge in [0.05, 0.1) is 6.54 Å². The normalized spacial score (nSPS) is 11.3. The topological polar surface area (TPSA) is 99.5 Å². The van der Waals surface area contributed by atoms with Crippen molar-refractivity contribution in [3.8, 4) is 6.07 Å². The zero-order valence-electron chi connectivity index (χ0n) is 16.3. The average Bonchev–Trinajstić information content (AvgIpc) is 2.56. The fourth-order valence-corrected chi connectivity index (χ4v) is 2.04. The van der Waals surface area contributed by atoms with Crippen LogP contribution < -0.4 is 5.32 Å². The Kier molecular flexibility index (Phi) is 7.73. The van der Waals surface area contributed by atoms with Gasteiger partial charge in [0.25, 0.3) is 5.91 Å². The van der Waals surface area contributed by atoms with Gasteiger partial charge < -0.3 is 15.0 Å². The number of esters is 1. The molecule has 1 aromatic rings. The molecule has 0 unspecified atom stereocenters. The smallest absolute Gasteiger partial charge is 0.349 e. The van der Waals surface area contributed by atoms with Crippen molar-refractivity contribution in [1.29, 1.82) is 5.26 Å². The van der Waals surface area contributed by atoms with Gasteiger partial charge in [-0.05, 0) is 39.3 Å². The van der Waals surface area contributed by atoms with Crippen LogP contribution in [0, 0.1) is 18.3 Å². The maximum absolute atomic E-state index is 12.0. The number of aryl methyl sites for hydroxylation is 1. The largest absolute Gasteiger partial charge is 0.451 e. The Bertz CT molecular complexity index is 768. The lowest BCUT2D eigenvalue weighted by Crippen LogP contribution is -2.46. The number of nitrogens with zero attached hydrogens (tertiary/aromatic N) is 2. The second-order valence-corrected chi connectivity index (χ2v) is 7.20. The van der Waals surface area contributed by atoms with E-state index in [0.29, 0.717) is 5.56 Å². The molecule has 1 rings (SSSR count). The first kappa shape index (κ1) is 21.9. The highest BCUT2D eigenvalue weighted by Crippen LogP contribution is 2.09. The first-order valence-electron chi connectivity index (χ1n) is 8.42. The quantitative estimate of drug-likeness (QED) is 0.467. The minimum absolute atomic E-state index is 0.155. The number of hydrogen-bond donors (Lipinski definition) is 1. The fourth-order valence-electron chi connectivity index (χ4n) is 2.04. The summed E-state index contributed by atoms with van der Waals surface area (Å²) in [5.74, 6) is -1.75. The number of rotatable bonds is 6. The molecule has 0 aliphatic rings. The molecule has 1 aromatic carbocycles. The van der Waals surface area contributed by atoms with E-state index in [1.54, 1.807) is 18.2 Å². The third kappa shape index (κ3) is 8.19.